The molecule has 0 saturated carbocycles. The number of amides is 1. The maximum absolute atomic E-state index is 9.96. The van der Waals surface area contributed by atoms with Crippen LogP contribution < -0.4 is 0 Å². The first-order valence-corrected chi connectivity index (χ1v) is 2.06. The topological polar surface area (TPSA) is 38.7 Å². The minimum Gasteiger partial charge on any atom is -0.440 e. The van der Waals surface area contributed by atoms with Crippen molar-refractivity contribution in [2.75, 3.05) is 6.61 Å². The van der Waals surface area contributed by atoms with Crippen LogP contribution in [0.5, 0.6) is 0 Å². The smallest absolute Gasteiger partial charge is 0.435 e. The van der Waals surface area contributed by atoms with Crippen LogP contribution in [0.1, 0.15) is 0 Å². The average Bonchev–Trinajstić information content (AvgIpc) is 1.87. The van der Waals surface area contributed by atoms with Gasteiger partial charge in [-0.25, -0.2) is 4.79 Å². The number of hydrogen-bond donors (Lipinski definition) is 0. The standard InChI is InChI=1S/C3H2ClNO2/c4-2-1-7-3(6)5-2/h1H2. The number of carbonyl (C=O) groups excluding carboxylic acids is 1. The van der Waals surface area contributed by atoms with Gasteiger partial charge in [-0.2, -0.15) is 4.99 Å². The van der Waals surface area contributed by atoms with Crippen molar-refractivity contribution in [3.8, 4) is 0 Å². The number of carbonyl (C=O) groups is 1. The van der Waals surface area contributed by atoms with Crippen molar-refractivity contribution in [1.29, 1.82) is 0 Å². The Bertz CT molecular complexity index is 131. The summed E-state index contributed by atoms with van der Waals surface area (Å²) in [5, 5.41) is 0.227. The Labute approximate surface area is 44.9 Å². The maximum Gasteiger partial charge on any atom is 0.435 e. The van der Waals surface area contributed by atoms with Crippen LogP contribution in [-0.2, 0) is 4.74 Å². The molecule has 0 aromatic rings. The van der Waals surface area contributed by atoms with Gasteiger partial charge >= 0.3 is 6.09 Å². The molecule has 0 bridgehead atoms. The molecule has 0 aromatic heterocycles. The van der Waals surface area contributed by atoms with E-state index in [2.05, 4.69) is 9.73 Å². The molecular formula is C3H2ClNO2. The summed E-state index contributed by atoms with van der Waals surface area (Å²) in [6.07, 6.45) is -0.593. The van der Waals surface area contributed by atoms with Gasteiger partial charge in [0.05, 0.1) is 0 Å². The summed E-state index contributed by atoms with van der Waals surface area (Å²) in [5.41, 5.74) is 0. The van der Waals surface area contributed by atoms with Gasteiger partial charge in [0, 0.05) is 0 Å². The van der Waals surface area contributed by atoms with Gasteiger partial charge in [0.15, 0.2) is 5.17 Å². The molecule has 1 aliphatic heterocycles. The largest absolute Gasteiger partial charge is 0.440 e. The van der Waals surface area contributed by atoms with Gasteiger partial charge in [-0.15, -0.1) is 0 Å². The fourth-order valence-electron chi connectivity index (χ4n) is 0.285. The zero-order chi connectivity index (χ0) is 5.28. The fourth-order valence-corrected chi connectivity index (χ4v) is 0.408. The molecule has 0 saturated heterocycles. The second kappa shape index (κ2) is 1.50. The van der Waals surface area contributed by atoms with Gasteiger partial charge < -0.3 is 4.74 Å². The first kappa shape index (κ1) is 4.59. The summed E-state index contributed by atoms with van der Waals surface area (Å²) in [6, 6.07) is 0. The summed E-state index contributed by atoms with van der Waals surface area (Å²) in [6.45, 7) is 0.139. The quantitative estimate of drug-likeness (QED) is 0.473. The number of nitrogens with zero attached hydrogens (tertiary/aromatic N) is 1. The van der Waals surface area contributed by atoms with Crippen molar-refractivity contribution in [3.63, 3.8) is 0 Å². The van der Waals surface area contributed by atoms with Crippen molar-refractivity contribution in [2.45, 2.75) is 0 Å². The molecule has 0 N–H and O–H groups in total. The molecule has 0 unspecified atom stereocenters. The number of halogens is 1. The molecule has 0 atom stereocenters. The zero-order valence-corrected chi connectivity index (χ0v) is 4.10. The number of hydrogen-bond acceptors (Lipinski definition) is 2. The number of ether oxygens (including phenoxy) is 1. The minimum absolute atomic E-state index is 0.139. The summed E-state index contributed by atoms with van der Waals surface area (Å²) in [7, 11) is 0. The van der Waals surface area contributed by atoms with Gasteiger partial charge in [0.25, 0.3) is 0 Å². The van der Waals surface area contributed by atoms with Gasteiger partial charge in [-0.1, -0.05) is 11.6 Å². The zero-order valence-electron chi connectivity index (χ0n) is 3.35. The lowest BCUT2D eigenvalue weighted by molar-refractivity contribution is 0.181. The monoisotopic (exact) mass is 119 g/mol. The molecule has 0 spiro atoms. The Morgan fingerprint density at radius 3 is 2.71 bits per heavy atom. The highest BCUT2D eigenvalue weighted by molar-refractivity contribution is 6.67. The van der Waals surface area contributed by atoms with E-state index in [0.29, 0.717) is 0 Å². The third-order valence-electron chi connectivity index (χ3n) is 0.527. The molecule has 0 radical (unpaired) electrons. The average molecular weight is 120 g/mol. The normalized spacial score (nSPS) is 19.0. The first-order valence-electron chi connectivity index (χ1n) is 1.69. The Balaban J connectivity index is 2.67. The SMILES string of the molecule is O=C1N=C(Cl)CO1. The molecule has 4 heteroatoms. The fraction of sp³-hybridized carbons (Fsp3) is 0.333. The molecule has 0 fully saturated rings. The third kappa shape index (κ3) is 0.899. The van der Waals surface area contributed by atoms with Crippen LogP contribution in [0.3, 0.4) is 0 Å². The predicted octanol–water partition coefficient (Wildman–Crippen LogP) is 0.774. The van der Waals surface area contributed by atoms with Gasteiger partial charge in [-0.3, -0.25) is 0 Å². The Kier molecular flexibility index (Phi) is 0.982. The maximum atomic E-state index is 9.96. The number of cyclic esters (lactones) is 1. The molecule has 3 nitrogen and oxygen atoms in total. The highest BCUT2D eigenvalue weighted by Crippen LogP contribution is 1.99. The second-order valence-corrected chi connectivity index (χ2v) is 1.48. The van der Waals surface area contributed by atoms with Crippen LogP contribution in [0, 0.1) is 0 Å². The lowest BCUT2D eigenvalue weighted by Gasteiger charge is -1.80. The Hall–Kier alpha value is -0.570. The Morgan fingerprint density at radius 1 is 1.86 bits per heavy atom. The molecule has 0 aromatic carbocycles. The Morgan fingerprint density at radius 2 is 2.57 bits per heavy atom. The molecular weight excluding hydrogens is 117 g/mol. The first-order chi connectivity index (χ1) is 3.29. The summed E-state index contributed by atoms with van der Waals surface area (Å²) in [4.78, 5) is 13.2. The lowest BCUT2D eigenvalue weighted by Crippen LogP contribution is -1.90. The van der Waals surface area contributed by atoms with Gasteiger partial charge in [-0.05, 0) is 0 Å². The molecule has 1 amide bonds. The van der Waals surface area contributed by atoms with Crippen molar-refractivity contribution in [1.82, 2.24) is 0 Å². The van der Waals surface area contributed by atoms with E-state index in [1.807, 2.05) is 0 Å². The predicted molar refractivity (Wildman–Crippen MR) is 24.6 cm³/mol. The highest BCUT2D eigenvalue weighted by atomic mass is 35.5. The number of rotatable bonds is 0. The minimum atomic E-state index is -0.593. The van der Waals surface area contributed by atoms with Crippen LogP contribution in [0.15, 0.2) is 4.99 Å². The van der Waals surface area contributed by atoms with E-state index in [1.54, 1.807) is 0 Å². The van der Waals surface area contributed by atoms with Crippen molar-refractivity contribution in [3.05, 3.63) is 0 Å². The van der Waals surface area contributed by atoms with Crippen LogP contribution >= 0.6 is 11.6 Å². The molecule has 1 heterocycles. The molecule has 1 rings (SSSR count). The number of aliphatic imine (C=N–C) groups is 1. The second-order valence-electron chi connectivity index (χ2n) is 1.04. The van der Waals surface area contributed by atoms with E-state index < -0.39 is 6.09 Å². The molecule has 38 valence electrons. The van der Waals surface area contributed by atoms with Crippen LogP contribution in [0.4, 0.5) is 4.79 Å². The van der Waals surface area contributed by atoms with E-state index in [0.717, 1.165) is 0 Å². The van der Waals surface area contributed by atoms with Gasteiger partial charge in [0.2, 0.25) is 0 Å². The molecule has 7 heavy (non-hydrogen) atoms. The third-order valence-corrected chi connectivity index (χ3v) is 0.721. The van der Waals surface area contributed by atoms with E-state index >= 15 is 0 Å². The molecule has 0 aliphatic carbocycles. The van der Waals surface area contributed by atoms with Crippen LogP contribution in [-0.4, -0.2) is 17.9 Å². The summed E-state index contributed by atoms with van der Waals surface area (Å²) >= 11 is 5.21. The highest BCUT2D eigenvalue weighted by Gasteiger charge is 2.10. The van der Waals surface area contributed by atoms with E-state index in [1.165, 1.54) is 0 Å². The van der Waals surface area contributed by atoms with Crippen molar-refractivity contribution in [2.24, 2.45) is 4.99 Å². The van der Waals surface area contributed by atoms with Crippen molar-refractivity contribution >= 4 is 22.9 Å². The summed E-state index contributed by atoms with van der Waals surface area (Å²) in [5.74, 6) is 0. The summed E-state index contributed by atoms with van der Waals surface area (Å²) < 4.78 is 4.29. The van der Waals surface area contributed by atoms with Crippen LogP contribution in [0.2, 0.25) is 0 Å². The van der Waals surface area contributed by atoms with Gasteiger partial charge in [0.1, 0.15) is 6.61 Å². The molecule has 1 aliphatic rings. The van der Waals surface area contributed by atoms with E-state index in [9.17, 15) is 4.79 Å². The van der Waals surface area contributed by atoms with E-state index in [-0.39, 0.29) is 11.8 Å². The lowest BCUT2D eigenvalue weighted by atomic mass is 10.8. The van der Waals surface area contributed by atoms with Crippen LogP contribution in [0.25, 0.3) is 0 Å². The van der Waals surface area contributed by atoms with E-state index in [4.69, 9.17) is 11.6 Å². The van der Waals surface area contributed by atoms with Crippen molar-refractivity contribution < 1.29 is 9.53 Å².